The number of anilines is 2. The molecule has 0 radical (unpaired) electrons. The maximum absolute atomic E-state index is 14.2. The first-order chi connectivity index (χ1) is 16.4. The third-order valence-electron chi connectivity index (χ3n) is 7.10. The molecule has 1 atom stereocenters. The summed E-state index contributed by atoms with van der Waals surface area (Å²) >= 11 is 12.8. The zero-order chi connectivity index (χ0) is 25.3. The summed E-state index contributed by atoms with van der Waals surface area (Å²) in [6.45, 7) is 8.04. The first-order valence-corrected chi connectivity index (χ1v) is 12.2. The number of benzene rings is 3. The molecule has 0 aliphatic carbocycles. The molecule has 0 fully saturated rings. The van der Waals surface area contributed by atoms with Crippen LogP contribution in [0.15, 0.2) is 48.5 Å². The lowest BCUT2D eigenvalue weighted by molar-refractivity contribution is -0.120. The Bertz CT molecular complexity index is 1410. The van der Waals surface area contributed by atoms with Gasteiger partial charge in [-0.25, -0.2) is 4.79 Å². The normalized spacial score (nSPS) is 20.3. The molecule has 3 aromatic carbocycles. The summed E-state index contributed by atoms with van der Waals surface area (Å²) in [4.78, 5) is 27.4. The molecule has 7 heteroatoms. The monoisotopic (exact) mass is 509 g/mol. The molecule has 0 bridgehead atoms. The van der Waals surface area contributed by atoms with Gasteiger partial charge < -0.3 is 9.84 Å². The van der Waals surface area contributed by atoms with E-state index in [9.17, 15) is 14.7 Å². The summed E-state index contributed by atoms with van der Waals surface area (Å²) in [5, 5.41) is 10.2. The molecule has 1 amide bonds. The largest absolute Gasteiger partial charge is 0.487 e. The van der Waals surface area contributed by atoms with Crippen molar-refractivity contribution in [1.29, 1.82) is 0 Å². The van der Waals surface area contributed by atoms with Crippen LogP contribution in [0.25, 0.3) is 0 Å². The Hall–Kier alpha value is -3.02. The molecular weight excluding hydrogens is 485 g/mol. The molecule has 5 nitrogen and oxygen atoms in total. The predicted molar refractivity (Wildman–Crippen MR) is 138 cm³/mol. The summed E-state index contributed by atoms with van der Waals surface area (Å²) in [5.74, 6) is -0.395. The van der Waals surface area contributed by atoms with Crippen LogP contribution in [-0.2, 0) is 16.6 Å². The number of amides is 1. The molecule has 2 aliphatic rings. The molecule has 0 spiro atoms. The fourth-order valence-corrected chi connectivity index (χ4v) is 5.44. The van der Waals surface area contributed by atoms with Crippen molar-refractivity contribution in [2.75, 3.05) is 4.90 Å². The zero-order valence-corrected chi connectivity index (χ0v) is 21.4. The van der Waals surface area contributed by atoms with Gasteiger partial charge in [0.2, 0.25) is 5.91 Å². The number of rotatable bonds is 3. The summed E-state index contributed by atoms with van der Waals surface area (Å²) in [6.07, 6.45) is 1.72. The van der Waals surface area contributed by atoms with Crippen LogP contribution in [0.3, 0.4) is 0 Å². The van der Waals surface area contributed by atoms with Crippen LogP contribution in [0.5, 0.6) is 5.75 Å². The van der Waals surface area contributed by atoms with Crippen LogP contribution >= 0.6 is 23.2 Å². The Labute approximate surface area is 214 Å². The SMILES string of the molecule is Cc1cc(C2(C)C(=O)N(c3cccc(C(=O)O)c3)c3cc(Cl)c(Cl)cc32)cc2c1OC(C)(C)CC2. The van der Waals surface area contributed by atoms with Crippen molar-refractivity contribution in [1.82, 2.24) is 0 Å². The lowest BCUT2D eigenvalue weighted by Gasteiger charge is -2.35. The van der Waals surface area contributed by atoms with Crippen molar-refractivity contribution >= 4 is 46.5 Å². The van der Waals surface area contributed by atoms with E-state index in [-0.39, 0.29) is 17.1 Å². The van der Waals surface area contributed by atoms with Gasteiger partial charge in [0.25, 0.3) is 0 Å². The molecule has 0 saturated heterocycles. The second-order valence-electron chi connectivity index (χ2n) is 10.0. The molecule has 35 heavy (non-hydrogen) atoms. The molecule has 0 aromatic heterocycles. The van der Waals surface area contributed by atoms with Gasteiger partial charge in [0, 0.05) is 5.69 Å². The van der Waals surface area contributed by atoms with Gasteiger partial charge in [-0.15, -0.1) is 0 Å². The van der Waals surface area contributed by atoms with Crippen molar-refractivity contribution < 1.29 is 19.4 Å². The first kappa shape index (κ1) is 23.7. The minimum Gasteiger partial charge on any atom is -0.487 e. The average Bonchev–Trinajstić information content (AvgIpc) is 3.01. The number of ether oxygens (including phenoxy) is 1. The van der Waals surface area contributed by atoms with Gasteiger partial charge >= 0.3 is 5.97 Å². The molecule has 1 unspecified atom stereocenters. The van der Waals surface area contributed by atoms with Crippen LogP contribution in [0.2, 0.25) is 10.0 Å². The standard InChI is InChI=1S/C28H25Cl2NO4/c1-15-10-18(11-16-8-9-27(2,3)35-24(15)16)28(4)20-13-21(29)22(30)14-23(20)31(26(28)34)19-7-5-6-17(12-19)25(32)33/h5-7,10-14H,8-9H2,1-4H3,(H,32,33). The van der Waals surface area contributed by atoms with Gasteiger partial charge in [0.1, 0.15) is 11.4 Å². The van der Waals surface area contributed by atoms with E-state index in [2.05, 4.69) is 19.9 Å². The lowest BCUT2D eigenvalue weighted by atomic mass is 9.75. The number of carboxylic acid groups (broad SMARTS) is 1. The molecule has 2 heterocycles. The number of halogens is 2. The molecular formula is C28H25Cl2NO4. The van der Waals surface area contributed by atoms with Crippen molar-refractivity contribution in [3.63, 3.8) is 0 Å². The molecule has 2 aliphatic heterocycles. The second kappa shape index (κ2) is 8.00. The maximum atomic E-state index is 14.2. The van der Waals surface area contributed by atoms with Gasteiger partial charge in [-0.2, -0.15) is 0 Å². The van der Waals surface area contributed by atoms with Gasteiger partial charge in [-0.3, -0.25) is 9.69 Å². The van der Waals surface area contributed by atoms with Crippen LogP contribution < -0.4 is 9.64 Å². The Morgan fingerprint density at radius 1 is 1.06 bits per heavy atom. The van der Waals surface area contributed by atoms with E-state index >= 15 is 0 Å². The number of aromatic carboxylic acids is 1. The number of carbonyl (C=O) groups is 2. The number of nitrogens with zero attached hydrogens (tertiary/aromatic N) is 1. The topological polar surface area (TPSA) is 66.8 Å². The minimum atomic E-state index is -1.07. The molecule has 5 rings (SSSR count). The van der Waals surface area contributed by atoms with E-state index in [1.165, 1.54) is 12.1 Å². The third kappa shape index (κ3) is 3.69. The smallest absolute Gasteiger partial charge is 0.335 e. The van der Waals surface area contributed by atoms with Gasteiger partial charge in [-0.05, 0) is 93.1 Å². The number of hydrogen-bond donors (Lipinski definition) is 1. The van der Waals surface area contributed by atoms with Gasteiger partial charge in [-0.1, -0.05) is 41.4 Å². The first-order valence-electron chi connectivity index (χ1n) is 11.4. The van der Waals surface area contributed by atoms with Crippen LogP contribution in [-0.4, -0.2) is 22.6 Å². The Morgan fingerprint density at radius 2 is 1.77 bits per heavy atom. The number of hydrogen-bond acceptors (Lipinski definition) is 3. The van der Waals surface area contributed by atoms with Crippen molar-refractivity contribution in [2.24, 2.45) is 0 Å². The summed E-state index contributed by atoms with van der Waals surface area (Å²) in [6, 6.07) is 13.8. The highest BCUT2D eigenvalue weighted by Gasteiger charge is 2.50. The van der Waals surface area contributed by atoms with E-state index in [0.717, 1.165) is 35.3 Å². The van der Waals surface area contributed by atoms with Crippen molar-refractivity contribution in [2.45, 2.75) is 51.6 Å². The lowest BCUT2D eigenvalue weighted by Crippen LogP contribution is -2.38. The van der Waals surface area contributed by atoms with Crippen LogP contribution in [0.1, 0.15) is 59.8 Å². The highest BCUT2D eigenvalue weighted by atomic mass is 35.5. The molecule has 1 N–H and O–H groups in total. The van der Waals surface area contributed by atoms with E-state index in [1.807, 2.05) is 19.9 Å². The Balaban J connectivity index is 1.72. The highest BCUT2D eigenvalue weighted by Crippen LogP contribution is 2.52. The number of carboxylic acids is 1. The molecule has 3 aromatic rings. The molecule has 180 valence electrons. The zero-order valence-electron chi connectivity index (χ0n) is 19.9. The maximum Gasteiger partial charge on any atom is 0.335 e. The fourth-order valence-electron chi connectivity index (χ4n) is 5.11. The number of aryl methyl sites for hydroxylation is 2. The highest BCUT2D eigenvalue weighted by molar-refractivity contribution is 6.42. The van der Waals surface area contributed by atoms with E-state index in [0.29, 0.717) is 27.0 Å². The number of fused-ring (bicyclic) bond motifs is 2. The fraction of sp³-hybridized carbons (Fsp3) is 0.286. The van der Waals surface area contributed by atoms with Gasteiger partial charge in [0.15, 0.2) is 0 Å². The minimum absolute atomic E-state index is 0.0925. The van der Waals surface area contributed by atoms with Gasteiger partial charge in [0.05, 0.1) is 26.7 Å². The summed E-state index contributed by atoms with van der Waals surface area (Å²) in [7, 11) is 0. The summed E-state index contributed by atoms with van der Waals surface area (Å²) < 4.78 is 6.27. The van der Waals surface area contributed by atoms with E-state index in [4.69, 9.17) is 27.9 Å². The Morgan fingerprint density at radius 3 is 2.49 bits per heavy atom. The van der Waals surface area contributed by atoms with Crippen LogP contribution in [0.4, 0.5) is 11.4 Å². The second-order valence-corrected chi connectivity index (χ2v) is 10.9. The third-order valence-corrected chi connectivity index (χ3v) is 7.83. The van der Waals surface area contributed by atoms with E-state index < -0.39 is 11.4 Å². The quantitative estimate of drug-likeness (QED) is 0.409. The van der Waals surface area contributed by atoms with Crippen molar-refractivity contribution in [3.05, 3.63) is 86.4 Å². The van der Waals surface area contributed by atoms with E-state index in [1.54, 1.807) is 29.2 Å². The average molecular weight is 510 g/mol. The predicted octanol–water partition coefficient (Wildman–Crippen LogP) is 7.09. The van der Waals surface area contributed by atoms with Crippen LogP contribution in [0, 0.1) is 6.92 Å². The number of carbonyl (C=O) groups excluding carboxylic acids is 1. The molecule has 0 saturated carbocycles. The summed E-state index contributed by atoms with van der Waals surface area (Å²) in [5.41, 5.74) is 3.42. The van der Waals surface area contributed by atoms with Crippen molar-refractivity contribution in [3.8, 4) is 5.75 Å². The Kier molecular flexibility index (Phi) is 5.42.